The van der Waals surface area contributed by atoms with E-state index in [-0.39, 0.29) is 5.97 Å². The van der Waals surface area contributed by atoms with Gasteiger partial charge in [-0.15, -0.1) is 0 Å². The molecule has 0 aromatic rings. The maximum atomic E-state index is 11.5. The van der Waals surface area contributed by atoms with Gasteiger partial charge in [0.1, 0.15) is 0 Å². The second kappa shape index (κ2) is 6.97. The Labute approximate surface area is 104 Å². The number of carbonyl (C=O) groups excluding carboxylic acids is 1. The molecule has 4 heteroatoms. The summed E-state index contributed by atoms with van der Waals surface area (Å²) < 4.78 is 4.95. The van der Waals surface area contributed by atoms with E-state index in [4.69, 9.17) is 4.74 Å². The summed E-state index contributed by atoms with van der Waals surface area (Å²) in [5, 5.41) is 10.3. The number of rotatable bonds is 7. The van der Waals surface area contributed by atoms with Crippen LogP contribution in [0.5, 0.6) is 0 Å². The molecule has 0 aromatic carbocycles. The van der Waals surface area contributed by atoms with E-state index >= 15 is 0 Å². The van der Waals surface area contributed by atoms with Crippen LogP contribution in [-0.4, -0.2) is 47.8 Å². The third-order valence-corrected chi connectivity index (χ3v) is 3.25. The van der Waals surface area contributed by atoms with Crippen LogP contribution in [0.25, 0.3) is 0 Å². The lowest BCUT2D eigenvalue weighted by molar-refractivity contribution is -0.145. The van der Waals surface area contributed by atoms with Gasteiger partial charge in [0.15, 0.2) is 0 Å². The number of hydrogen-bond acceptors (Lipinski definition) is 4. The molecule has 0 amide bonds. The first-order valence-electron chi connectivity index (χ1n) is 6.70. The van der Waals surface area contributed by atoms with Gasteiger partial charge in [-0.3, -0.25) is 9.69 Å². The summed E-state index contributed by atoms with van der Waals surface area (Å²) in [5.74, 6) is -0.192. The summed E-state index contributed by atoms with van der Waals surface area (Å²) in [6, 6.07) is 0. The minimum absolute atomic E-state index is 0.192. The van der Waals surface area contributed by atoms with Crippen LogP contribution in [0, 0.1) is 0 Å². The summed E-state index contributed by atoms with van der Waals surface area (Å²) in [5.41, 5.74) is -0.582. The van der Waals surface area contributed by atoms with Crippen LogP contribution in [0.4, 0.5) is 0 Å². The van der Waals surface area contributed by atoms with Crippen LogP contribution < -0.4 is 0 Å². The molecule has 1 aliphatic carbocycles. The number of nitrogens with zero attached hydrogens (tertiary/aromatic N) is 1. The van der Waals surface area contributed by atoms with Crippen LogP contribution in [0.1, 0.15) is 46.0 Å². The number of aliphatic hydroxyl groups is 1. The summed E-state index contributed by atoms with van der Waals surface area (Å²) >= 11 is 0. The summed E-state index contributed by atoms with van der Waals surface area (Å²) in [7, 11) is 0. The average Bonchev–Trinajstić information content (AvgIpc) is 2.65. The maximum absolute atomic E-state index is 11.5. The zero-order valence-corrected chi connectivity index (χ0v) is 11.1. The zero-order valence-electron chi connectivity index (χ0n) is 11.1. The van der Waals surface area contributed by atoms with Crippen molar-refractivity contribution in [3.05, 3.63) is 0 Å². The molecule has 0 aromatic heterocycles. The van der Waals surface area contributed by atoms with Crippen molar-refractivity contribution in [2.45, 2.75) is 51.6 Å². The Morgan fingerprint density at radius 3 is 2.53 bits per heavy atom. The summed E-state index contributed by atoms with van der Waals surface area (Å²) in [6.45, 7) is 6.04. The van der Waals surface area contributed by atoms with Gasteiger partial charge in [0.05, 0.1) is 18.8 Å². The van der Waals surface area contributed by atoms with Crippen LogP contribution in [0.2, 0.25) is 0 Å². The van der Waals surface area contributed by atoms with E-state index in [2.05, 4.69) is 6.92 Å². The highest BCUT2D eigenvalue weighted by Gasteiger charge is 2.33. The Kier molecular flexibility index (Phi) is 5.92. The van der Waals surface area contributed by atoms with Crippen molar-refractivity contribution >= 4 is 5.97 Å². The Hall–Kier alpha value is -0.610. The van der Waals surface area contributed by atoms with Crippen LogP contribution in [-0.2, 0) is 9.53 Å². The molecule has 0 heterocycles. The molecule has 4 nitrogen and oxygen atoms in total. The smallest absolute Gasteiger partial charge is 0.320 e. The predicted molar refractivity (Wildman–Crippen MR) is 66.8 cm³/mol. The molecule has 0 unspecified atom stereocenters. The topological polar surface area (TPSA) is 49.8 Å². The minimum atomic E-state index is -0.582. The number of esters is 1. The molecule has 1 rings (SSSR count). The highest BCUT2D eigenvalue weighted by atomic mass is 16.5. The Morgan fingerprint density at radius 1 is 1.35 bits per heavy atom. The quantitative estimate of drug-likeness (QED) is 0.690. The van der Waals surface area contributed by atoms with E-state index in [0.717, 1.165) is 38.6 Å². The zero-order chi connectivity index (χ0) is 12.7. The summed E-state index contributed by atoms with van der Waals surface area (Å²) in [4.78, 5) is 13.5. The normalized spacial score (nSPS) is 18.6. The second-order valence-electron chi connectivity index (χ2n) is 4.95. The van der Waals surface area contributed by atoms with Gasteiger partial charge >= 0.3 is 5.97 Å². The number of hydrogen-bond donors (Lipinski definition) is 1. The maximum Gasteiger partial charge on any atom is 0.320 e. The van der Waals surface area contributed by atoms with Crippen molar-refractivity contribution in [1.82, 2.24) is 4.90 Å². The van der Waals surface area contributed by atoms with Gasteiger partial charge < -0.3 is 9.84 Å². The van der Waals surface area contributed by atoms with E-state index in [0.29, 0.717) is 19.7 Å². The van der Waals surface area contributed by atoms with Crippen molar-refractivity contribution in [2.75, 3.05) is 26.2 Å². The monoisotopic (exact) mass is 243 g/mol. The number of carbonyl (C=O) groups is 1. The molecule has 17 heavy (non-hydrogen) atoms. The van der Waals surface area contributed by atoms with Gasteiger partial charge in [0.25, 0.3) is 0 Å². The van der Waals surface area contributed by atoms with E-state index in [1.165, 1.54) is 0 Å². The Morgan fingerprint density at radius 2 is 2.00 bits per heavy atom. The van der Waals surface area contributed by atoms with Gasteiger partial charge in [0, 0.05) is 6.54 Å². The molecule has 0 bridgehead atoms. The molecule has 1 fully saturated rings. The van der Waals surface area contributed by atoms with Gasteiger partial charge in [-0.05, 0) is 32.7 Å². The van der Waals surface area contributed by atoms with E-state index < -0.39 is 5.60 Å². The standard InChI is InChI=1S/C13H25NO3/c1-3-9-14(10-12(15)17-4-2)11-13(16)7-5-6-8-13/h16H,3-11H2,1-2H3. The molecule has 1 N–H and O–H groups in total. The molecular weight excluding hydrogens is 218 g/mol. The fourth-order valence-corrected chi connectivity index (χ4v) is 2.53. The lowest BCUT2D eigenvalue weighted by atomic mass is 10.0. The van der Waals surface area contributed by atoms with Gasteiger partial charge in [-0.25, -0.2) is 0 Å². The van der Waals surface area contributed by atoms with E-state index in [9.17, 15) is 9.90 Å². The highest BCUT2D eigenvalue weighted by molar-refractivity contribution is 5.71. The molecule has 0 spiro atoms. The van der Waals surface area contributed by atoms with E-state index in [1.807, 2.05) is 11.8 Å². The van der Waals surface area contributed by atoms with Gasteiger partial charge in [-0.2, -0.15) is 0 Å². The lowest BCUT2D eigenvalue weighted by Crippen LogP contribution is -2.44. The molecule has 100 valence electrons. The molecule has 0 saturated heterocycles. The third-order valence-electron chi connectivity index (χ3n) is 3.25. The molecular formula is C13H25NO3. The largest absolute Gasteiger partial charge is 0.465 e. The van der Waals surface area contributed by atoms with E-state index in [1.54, 1.807) is 0 Å². The minimum Gasteiger partial charge on any atom is -0.465 e. The van der Waals surface area contributed by atoms with Gasteiger partial charge in [0.2, 0.25) is 0 Å². The molecule has 0 atom stereocenters. The van der Waals surface area contributed by atoms with Crippen LogP contribution in [0.3, 0.4) is 0 Å². The third kappa shape index (κ3) is 5.04. The Bertz CT molecular complexity index is 237. The second-order valence-corrected chi connectivity index (χ2v) is 4.95. The van der Waals surface area contributed by atoms with Gasteiger partial charge in [-0.1, -0.05) is 19.8 Å². The van der Waals surface area contributed by atoms with Crippen molar-refractivity contribution in [2.24, 2.45) is 0 Å². The first-order chi connectivity index (χ1) is 8.09. The van der Waals surface area contributed by atoms with Crippen molar-refractivity contribution in [3.63, 3.8) is 0 Å². The molecule has 1 aliphatic rings. The first-order valence-corrected chi connectivity index (χ1v) is 6.70. The average molecular weight is 243 g/mol. The van der Waals surface area contributed by atoms with Crippen LogP contribution >= 0.6 is 0 Å². The predicted octanol–water partition coefficient (Wildman–Crippen LogP) is 1.57. The molecule has 0 aliphatic heterocycles. The van der Waals surface area contributed by atoms with Crippen molar-refractivity contribution in [3.8, 4) is 0 Å². The van der Waals surface area contributed by atoms with Crippen molar-refractivity contribution in [1.29, 1.82) is 0 Å². The lowest BCUT2D eigenvalue weighted by Gasteiger charge is -2.30. The SMILES string of the molecule is CCCN(CC(=O)OCC)CC1(O)CCCC1. The first kappa shape index (κ1) is 14.5. The number of ether oxygens (including phenoxy) is 1. The molecule has 1 saturated carbocycles. The van der Waals surface area contributed by atoms with Crippen molar-refractivity contribution < 1.29 is 14.6 Å². The Balaban J connectivity index is 2.44. The van der Waals surface area contributed by atoms with Crippen LogP contribution in [0.15, 0.2) is 0 Å². The fraction of sp³-hybridized carbons (Fsp3) is 0.923. The molecule has 0 radical (unpaired) electrons. The fourth-order valence-electron chi connectivity index (χ4n) is 2.53. The summed E-state index contributed by atoms with van der Waals surface area (Å²) in [6.07, 6.45) is 4.88. The highest BCUT2D eigenvalue weighted by Crippen LogP contribution is 2.30.